The normalized spacial score (nSPS) is 10.9. The highest BCUT2D eigenvalue weighted by molar-refractivity contribution is 6.10. The lowest BCUT2D eigenvalue weighted by Gasteiger charge is -2.08. The van der Waals surface area contributed by atoms with E-state index in [-0.39, 0.29) is 5.91 Å². The molecule has 6 heteroatoms. The topological polar surface area (TPSA) is 75.6 Å². The number of para-hydroxylation sites is 1. The molecule has 0 aliphatic rings. The molecule has 0 saturated carbocycles. The Bertz CT molecular complexity index is 1020. The summed E-state index contributed by atoms with van der Waals surface area (Å²) in [5.41, 5.74) is 4.53. The molecule has 0 saturated heterocycles. The van der Waals surface area contributed by atoms with Gasteiger partial charge in [0.25, 0.3) is 5.91 Å². The number of rotatable bonds is 3. The van der Waals surface area contributed by atoms with E-state index in [1.165, 1.54) is 0 Å². The van der Waals surface area contributed by atoms with Gasteiger partial charge in [-0.15, -0.1) is 0 Å². The van der Waals surface area contributed by atoms with Crippen LogP contribution >= 0.6 is 0 Å². The van der Waals surface area contributed by atoms with Crippen LogP contribution in [-0.2, 0) is 7.05 Å². The number of amides is 1. The molecular formula is C18H15N5O. The van der Waals surface area contributed by atoms with Crippen LogP contribution in [-0.4, -0.2) is 25.7 Å². The zero-order valence-corrected chi connectivity index (χ0v) is 13.0. The summed E-state index contributed by atoms with van der Waals surface area (Å²) in [6.45, 7) is 0. The Hall–Kier alpha value is -3.41. The summed E-state index contributed by atoms with van der Waals surface area (Å²) < 4.78 is 1.71. The van der Waals surface area contributed by atoms with E-state index in [1.54, 1.807) is 17.2 Å². The summed E-state index contributed by atoms with van der Waals surface area (Å²) in [5.74, 6) is -0.211. The number of aryl methyl sites for hydroxylation is 1. The Balaban J connectivity index is 1.72. The third-order valence-electron chi connectivity index (χ3n) is 3.93. The van der Waals surface area contributed by atoms with Crippen LogP contribution in [0.1, 0.15) is 10.4 Å². The highest BCUT2D eigenvalue weighted by Crippen LogP contribution is 2.25. The molecule has 0 fully saturated rings. The van der Waals surface area contributed by atoms with Crippen molar-refractivity contribution in [3.8, 4) is 11.3 Å². The lowest BCUT2D eigenvalue weighted by atomic mass is 10.1. The number of H-pyrrole nitrogens is 1. The maximum atomic E-state index is 12.8. The Labute approximate surface area is 138 Å². The van der Waals surface area contributed by atoms with Crippen molar-refractivity contribution >= 4 is 22.6 Å². The standard InChI is InChI=1S/C18H15N5O/c1-23-17(12-6-3-2-4-7-12)13(10-21-23)18(24)22-15-9-5-8-14-16(15)20-11-19-14/h2-11H,1H3,(H,19,20)(H,22,24). The predicted molar refractivity (Wildman–Crippen MR) is 92.7 cm³/mol. The Morgan fingerprint density at radius 2 is 1.96 bits per heavy atom. The average molecular weight is 317 g/mol. The van der Waals surface area contributed by atoms with Gasteiger partial charge < -0.3 is 10.3 Å². The van der Waals surface area contributed by atoms with Crippen molar-refractivity contribution in [2.24, 2.45) is 7.05 Å². The summed E-state index contributed by atoms with van der Waals surface area (Å²) in [6, 6.07) is 15.4. The summed E-state index contributed by atoms with van der Waals surface area (Å²) in [7, 11) is 1.83. The molecule has 0 radical (unpaired) electrons. The van der Waals surface area contributed by atoms with Gasteiger partial charge in [-0.25, -0.2) is 4.98 Å². The molecule has 0 aliphatic heterocycles. The fraction of sp³-hybridized carbons (Fsp3) is 0.0556. The maximum Gasteiger partial charge on any atom is 0.259 e. The Morgan fingerprint density at radius 3 is 2.79 bits per heavy atom. The molecule has 24 heavy (non-hydrogen) atoms. The molecule has 0 aliphatic carbocycles. The van der Waals surface area contributed by atoms with Crippen LogP contribution < -0.4 is 5.32 Å². The first-order chi connectivity index (χ1) is 11.7. The first-order valence-corrected chi connectivity index (χ1v) is 7.55. The van der Waals surface area contributed by atoms with Crippen LogP contribution in [0.2, 0.25) is 0 Å². The van der Waals surface area contributed by atoms with Crippen LogP contribution in [0.15, 0.2) is 61.1 Å². The number of aromatic amines is 1. The lowest BCUT2D eigenvalue weighted by molar-refractivity contribution is 0.102. The van der Waals surface area contributed by atoms with Gasteiger partial charge in [-0.2, -0.15) is 5.10 Å². The summed E-state index contributed by atoms with van der Waals surface area (Å²) in [6.07, 6.45) is 3.20. The van der Waals surface area contributed by atoms with Crippen LogP contribution in [0.3, 0.4) is 0 Å². The van der Waals surface area contributed by atoms with E-state index in [0.29, 0.717) is 11.3 Å². The number of nitrogens with zero attached hydrogens (tertiary/aromatic N) is 3. The molecule has 2 N–H and O–H groups in total. The number of nitrogens with one attached hydrogen (secondary N) is 2. The number of carbonyl (C=O) groups is 1. The SMILES string of the molecule is Cn1ncc(C(=O)Nc2cccc3[nH]cnc23)c1-c1ccccc1. The Morgan fingerprint density at radius 1 is 1.12 bits per heavy atom. The van der Waals surface area contributed by atoms with Crippen molar-refractivity contribution in [3.63, 3.8) is 0 Å². The number of benzene rings is 2. The molecule has 2 heterocycles. The Kier molecular flexibility index (Phi) is 3.35. The van der Waals surface area contributed by atoms with Crippen molar-refractivity contribution in [1.82, 2.24) is 19.7 Å². The molecule has 0 unspecified atom stereocenters. The highest BCUT2D eigenvalue weighted by Gasteiger charge is 2.18. The zero-order valence-electron chi connectivity index (χ0n) is 13.0. The average Bonchev–Trinajstić information content (AvgIpc) is 3.22. The van der Waals surface area contributed by atoms with E-state index in [4.69, 9.17) is 0 Å². The van der Waals surface area contributed by atoms with Gasteiger partial charge in [0.15, 0.2) is 0 Å². The molecule has 2 aromatic carbocycles. The van der Waals surface area contributed by atoms with Crippen LogP contribution in [0.4, 0.5) is 5.69 Å². The van der Waals surface area contributed by atoms with E-state index in [9.17, 15) is 4.79 Å². The lowest BCUT2D eigenvalue weighted by Crippen LogP contribution is -2.13. The summed E-state index contributed by atoms with van der Waals surface area (Å²) >= 11 is 0. The van der Waals surface area contributed by atoms with E-state index in [1.807, 2.05) is 55.6 Å². The number of hydrogen-bond acceptors (Lipinski definition) is 3. The molecule has 0 spiro atoms. The van der Waals surface area contributed by atoms with Gasteiger partial charge in [0.05, 0.1) is 35.0 Å². The summed E-state index contributed by atoms with van der Waals surface area (Å²) in [4.78, 5) is 20.1. The van der Waals surface area contributed by atoms with Gasteiger partial charge >= 0.3 is 0 Å². The minimum atomic E-state index is -0.211. The first-order valence-electron chi connectivity index (χ1n) is 7.55. The third kappa shape index (κ3) is 2.34. The van der Waals surface area contributed by atoms with Gasteiger partial charge in [-0.1, -0.05) is 36.4 Å². The smallest absolute Gasteiger partial charge is 0.259 e. The van der Waals surface area contributed by atoms with Crippen molar-refractivity contribution in [3.05, 3.63) is 66.6 Å². The van der Waals surface area contributed by atoms with Gasteiger partial charge in [0, 0.05) is 12.6 Å². The predicted octanol–water partition coefficient (Wildman–Crippen LogP) is 3.22. The second-order valence-electron chi connectivity index (χ2n) is 5.45. The van der Waals surface area contributed by atoms with Gasteiger partial charge in [0.2, 0.25) is 0 Å². The van der Waals surface area contributed by atoms with Gasteiger partial charge in [-0.3, -0.25) is 9.48 Å². The van der Waals surface area contributed by atoms with E-state index >= 15 is 0 Å². The third-order valence-corrected chi connectivity index (χ3v) is 3.93. The number of anilines is 1. The van der Waals surface area contributed by atoms with Crippen LogP contribution in [0.5, 0.6) is 0 Å². The minimum absolute atomic E-state index is 0.211. The largest absolute Gasteiger partial charge is 0.345 e. The number of hydrogen-bond donors (Lipinski definition) is 2. The molecule has 6 nitrogen and oxygen atoms in total. The molecule has 0 bridgehead atoms. The molecular weight excluding hydrogens is 302 g/mol. The summed E-state index contributed by atoms with van der Waals surface area (Å²) in [5, 5.41) is 7.18. The van der Waals surface area contributed by atoms with Crippen LogP contribution in [0.25, 0.3) is 22.3 Å². The highest BCUT2D eigenvalue weighted by atomic mass is 16.1. The number of carbonyl (C=O) groups excluding carboxylic acids is 1. The number of imidazole rings is 1. The van der Waals surface area contributed by atoms with Gasteiger partial charge in [-0.05, 0) is 12.1 Å². The molecule has 2 aromatic heterocycles. The van der Waals surface area contributed by atoms with E-state index in [2.05, 4.69) is 20.4 Å². The van der Waals surface area contributed by atoms with Gasteiger partial charge in [0.1, 0.15) is 5.52 Å². The fourth-order valence-corrected chi connectivity index (χ4v) is 2.80. The van der Waals surface area contributed by atoms with E-state index in [0.717, 1.165) is 22.3 Å². The zero-order chi connectivity index (χ0) is 16.5. The van der Waals surface area contributed by atoms with Crippen LogP contribution in [0, 0.1) is 0 Å². The molecule has 0 atom stereocenters. The van der Waals surface area contributed by atoms with Crippen molar-refractivity contribution in [2.45, 2.75) is 0 Å². The fourth-order valence-electron chi connectivity index (χ4n) is 2.80. The second-order valence-corrected chi connectivity index (χ2v) is 5.45. The molecule has 4 rings (SSSR count). The van der Waals surface area contributed by atoms with Crippen molar-refractivity contribution in [1.29, 1.82) is 0 Å². The second kappa shape index (κ2) is 5.66. The number of fused-ring (bicyclic) bond motifs is 1. The maximum absolute atomic E-state index is 12.8. The monoisotopic (exact) mass is 317 g/mol. The quantitative estimate of drug-likeness (QED) is 0.609. The number of aromatic nitrogens is 4. The van der Waals surface area contributed by atoms with Crippen molar-refractivity contribution < 1.29 is 4.79 Å². The molecule has 4 aromatic rings. The van der Waals surface area contributed by atoms with E-state index < -0.39 is 0 Å². The first kappa shape index (κ1) is 14.2. The molecule has 118 valence electrons. The molecule has 1 amide bonds. The minimum Gasteiger partial charge on any atom is -0.345 e. The van der Waals surface area contributed by atoms with Crippen molar-refractivity contribution in [2.75, 3.05) is 5.32 Å².